The van der Waals surface area contributed by atoms with Gasteiger partial charge in [-0.1, -0.05) is 42.5 Å². The molecule has 0 radical (unpaired) electrons. The smallest absolute Gasteiger partial charge is 0.240 e. The Balaban J connectivity index is 0.00000241. The maximum absolute atomic E-state index is 10.1. The molecule has 5 nitrogen and oxygen atoms in total. The second kappa shape index (κ2) is 9.16. The molecule has 0 unspecified atom stereocenters. The highest BCUT2D eigenvalue weighted by atomic mass is 35.5. The first-order valence-corrected chi connectivity index (χ1v) is 11.8. The van der Waals surface area contributed by atoms with Crippen molar-refractivity contribution in [1.82, 2.24) is 9.88 Å². The number of para-hydroxylation sites is 3. The zero-order chi connectivity index (χ0) is 22.4. The van der Waals surface area contributed by atoms with E-state index in [1.807, 2.05) is 18.2 Å². The highest BCUT2D eigenvalue weighted by Crippen LogP contribution is 2.34. The molecule has 0 spiro atoms. The third kappa shape index (κ3) is 3.85. The van der Waals surface area contributed by atoms with Gasteiger partial charge >= 0.3 is 0 Å². The Morgan fingerprint density at radius 1 is 0.941 bits per heavy atom. The van der Waals surface area contributed by atoms with Crippen LogP contribution in [0.25, 0.3) is 32.8 Å². The molecule has 0 atom stereocenters. The van der Waals surface area contributed by atoms with Crippen LogP contribution in [0, 0.1) is 0 Å². The first-order valence-electron chi connectivity index (χ1n) is 11.8. The molecule has 6 heteroatoms. The summed E-state index contributed by atoms with van der Waals surface area (Å²) in [6.07, 6.45) is 2.15. The van der Waals surface area contributed by atoms with Crippen molar-refractivity contribution in [1.29, 1.82) is 0 Å². The standard InChI is InChI=1S/C28H28N4O.ClH/c1-31-24-12-6-4-10-22(24)26(27-28(31)21-9-3-5-11-23(21)30-27)29-20-14-16-32(17-15-20)18-19-8-2-7-13-25(19)33;/h2-13,20H,14-18H2,1H3,(H2,29,30,33);1H. The largest absolute Gasteiger partial charge is 1.00 e. The van der Waals surface area contributed by atoms with Gasteiger partial charge < -0.3 is 27.8 Å². The van der Waals surface area contributed by atoms with Gasteiger partial charge in [0.25, 0.3) is 0 Å². The monoisotopic (exact) mass is 472 g/mol. The molecule has 5 aromatic rings. The van der Waals surface area contributed by atoms with E-state index in [0.29, 0.717) is 11.8 Å². The molecule has 1 aliphatic heterocycles. The molecule has 0 amide bonds. The summed E-state index contributed by atoms with van der Waals surface area (Å²) in [5, 5.41) is 16.6. The van der Waals surface area contributed by atoms with Gasteiger partial charge in [-0.2, -0.15) is 4.57 Å². The maximum atomic E-state index is 10.1. The molecule has 6 rings (SSSR count). The minimum absolute atomic E-state index is 0. The van der Waals surface area contributed by atoms with E-state index in [-0.39, 0.29) is 12.4 Å². The number of piperidine rings is 1. The first-order chi connectivity index (χ1) is 16.2. The van der Waals surface area contributed by atoms with E-state index in [2.05, 4.69) is 75.3 Å². The number of aryl methyl sites for hydroxylation is 1. The Kier molecular flexibility index (Phi) is 6.07. The predicted octanol–water partition coefficient (Wildman–Crippen LogP) is 2.08. The minimum atomic E-state index is 0. The van der Waals surface area contributed by atoms with Crippen LogP contribution in [0.1, 0.15) is 18.4 Å². The van der Waals surface area contributed by atoms with E-state index >= 15 is 0 Å². The lowest BCUT2D eigenvalue weighted by molar-refractivity contribution is -0.616. The molecule has 1 saturated heterocycles. The Labute approximate surface area is 205 Å². The van der Waals surface area contributed by atoms with Gasteiger partial charge in [-0.05, 0) is 37.1 Å². The van der Waals surface area contributed by atoms with Crippen LogP contribution in [-0.4, -0.2) is 34.1 Å². The Morgan fingerprint density at radius 3 is 2.41 bits per heavy atom. The fourth-order valence-corrected chi connectivity index (χ4v) is 5.36. The summed E-state index contributed by atoms with van der Waals surface area (Å²) >= 11 is 0. The average Bonchev–Trinajstić information content (AvgIpc) is 3.24. The molecular formula is C28H29ClN4O. The quantitative estimate of drug-likeness (QED) is 0.351. The van der Waals surface area contributed by atoms with Crippen LogP contribution < -0.4 is 22.3 Å². The fraction of sp³-hybridized carbons (Fsp3) is 0.250. The Hall–Kier alpha value is -3.28. The summed E-state index contributed by atoms with van der Waals surface area (Å²) < 4.78 is 2.31. The number of aromatic amines is 1. The topological polar surface area (TPSA) is 55.2 Å². The number of anilines is 1. The minimum Gasteiger partial charge on any atom is -1.00 e. The summed E-state index contributed by atoms with van der Waals surface area (Å²) in [4.78, 5) is 6.13. The summed E-state index contributed by atoms with van der Waals surface area (Å²) in [6, 6.07) is 25.3. The van der Waals surface area contributed by atoms with Crippen LogP contribution in [0.4, 0.5) is 5.69 Å². The predicted molar refractivity (Wildman–Crippen MR) is 135 cm³/mol. The van der Waals surface area contributed by atoms with Gasteiger partial charge in [-0.25, -0.2) is 0 Å². The van der Waals surface area contributed by atoms with Crippen LogP contribution in [0.3, 0.4) is 0 Å². The Bertz CT molecular complexity index is 1470. The molecule has 3 N–H and O–H groups in total. The zero-order valence-corrected chi connectivity index (χ0v) is 20.0. The molecule has 1 aliphatic rings. The van der Waals surface area contributed by atoms with Gasteiger partial charge in [-0.15, -0.1) is 0 Å². The van der Waals surface area contributed by atoms with Crippen LogP contribution in [-0.2, 0) is 13.6 Å². The zero-order valence-electron chi connectivity index (χ0n) is 19.3. The number of aromatic nitrogens is 2. The molecule has 174 valence electrons. The molecule has 3 aromatic carbocycles. The molecule has 0 bridgehead atoms. The van der Waals surface area contributed by atoms with Crippen LogP contribution in [0.5, 0.6) is 5.75 Å². The second-order valence-electron chi connectivity index (χ2n) is 9.17. The number of likely N-dealkylation sites (tertiary alicyclic amines) is 1. The lowest BCUT2D eigenvalue weighted by Gasteiger charge is -2.33. The van der Waals surface area contributed by atoms with Gasteiger partial charge in [0.2, 0.25) is 11.0 Å². The number of hydrogen-bond donors (Lipinski definition) is 3. The van der Waals surface area contributed by atoms with Gasteiger partial charge in [0.1, 0.15) is 18.3 Å². The lowest BCUT2D eigenvalue weighted by atomic mass is 10.0. The third-order valence-electron chi connectivity index (χ3n) is 7.12. The Morgan fingerprint density at radius 2 is 1.62 bits per heavy atom. The van der Waals surface area contributed by atoms with E-state index in [9.17, 15) is 5.11 Å². The van der Waals surface area contributed by atoms with Gasteiger partial charge in [0.15, 0.2) is 0 Å². The second-order valence-corrected chi connectivity index (χ2v) is 9.17. The lowest BCUT2D eigenvalue weighted by Crippen LogP contribution is -3.00. The van der Waals surface area contributed by atoms with Crippen LogP contribution >= 0.6 is 0 Å². The molecule has 34 heavy (non-hydrogen) atoms. The van der Waals surface area contributed by atoms with Gasteiger partial charge in [0.05, 0.1) is 22.0 Å². The van der Waals surface area contributed by atoms with Crippen LogP contribution in [0.2, 0.25) is 0 Å². The fourth-order valence-electron chi connectivity index (χ4n) is 5.36. The number of aromatic hydroxyl groups is 1. The number of H-pyrrole nitrogens is 1. The van der Waals surface area contributed by atoms with Gasteiger partial charge in [0, 0.05) is 37.3 Å². The summed E-state index contributed by atoms with van der Waals surface area (Å²) in [6.45, 7) is 2.83. The number of phenols is 1. The maximum Gasteiger partial charge on any atom is 0.240 e. The molecule has 1 fully saturated rings. The van der Waals surface area contributed by atoms with Crippen molar-refractivity contribution < 1.29 is 22.1 Å². The number of phenolic OH excluding ortho intramolecular Hbond substituents is 1. The summed E-state index contributed by atoms with van der Waals surface area (Å²) in [5.41, 5.74) is 7.02. The van der Waals surface area contributed by atoms with Crippen molar-refractivity contribution >= 4 is 38.5 Å². The number of rotatable bonds is 4. The molecule has 2 aromatic heterocycles. The van der Waals surface area contributed by atoms with Crippen molar-refractivity contribution in [2.45, 2.75) is 25.4 Å². The number of fused-ring (bicyclic) bond motifs is 4. The van der Waals surface area contributed by atoms with E-state index in [0.717, 1.165) is 38.0 Å². The SMILES string of the molecule is C[n+]1c2ccccc2c(NC2CCN(Cc3ccccc3O)CC2)c2[nH]c3ccccc3c21.[Cl-]. The molecular weight excluding hydrogens is 444 g/mol. The molecule has 0 aliphatic carbocycles. The van der Waals surface area contributed by atoms with Crippen molar-refractivity contribution in [3.05, 3.63) is 78.4 Å². The van der Waals surface area contributed by atoms with Crippen molar-refractivity contribution in [2.24, 2.45) is 7.05 Å². The van der Waals surface area contributed by atoms with Crippen molar-refractivity contribution in [2.75, 3.05) is 18.4 Å². The van der Waals surface area contributed by atoms with E-state index in [1.165, 1.54) is 38.5 Å². The number of nitrogens with zero attached hydrogens (tertiary/aromatic N) is 2. The van der Waals surface area contributed by atoms with Crippen molar-refractivity contribution in [3.63, 3.8) is 0 Å². The normalized spacial score (nSPS) is 15.1. The number of pyridine rings is 1. The van der Waals surface area contributed by atoms with Crippen molar-refractivity contribution in [3.8, 4) is 5.75 Å². The molecule has 0 saturated carbocycles. The number of benzene rings is 3. The first kappa shape index (κ1) is 22.5. The summed E-state index contributed by atoms with van der Waals surface area (Å²) in [5.74, 6) is 0.391. The number of halogens is 1. The highest BCUT2D eigenvalue weighted by Gasteiger charge is 2.26. The number of nitrogens with one attached hydrogen (secondary N) is 2. The summed E-state index contributed by atoms with van der Waals surface area (Å²) in [7, 11) is 2.16. The van der Waals surface area contributed by atoms with Gasteiger partial charge in [-0.3, -0.25) is 4.90 Å². The van der Waals surface area contributed by atoms with E-state index in [1.54, 1.807) is 6.07 Å². The number of hydrogen-bond acceptors (Lipinski definition) is 3. The molecule has 3 heterocycles. The van der Waals surface area contributed by atoms with E-state index in [4.69, 9.17) is 0 Å². The highest BCUT2D eigenvalue weighted by molar-refractivity contribution is 6.13. The van der Waals surface area contributed by atoms with E-state index < -0.39 is 0 Å². The van der Waals surface area contributed by atoms with Crippen LogP contribution in [0.15, 0.2) is 72.8 Å². The third-order valence-corrected chi connectivity index (χ3v) is 7.12. The average molecular weight is 473 g/mol.